The van der Waals surface area contributed by atoms with Crippen molar-refractivity contribution in [3.63, 3.8) is 0 Å². The second-order valence-corrected chi connectivity index (χ2v) is 6.57. The Morgan fingerprint density at radius 3 is 2.50 bits per heavy atom. The molecule has 2 aromatic carbocycles. The van der Waals surface area contributed by atoms with E-state index in [1.54, 1.807) is 19.1 Å². The largest absolute Gasteiger partial charge is 0.461 e. The predicted octanol–water partition coefficient (Wildman–Crippen LogP) is 4.02. The van der Waals surface area contributed by atoms with Gasteiger partial charge < -0.3 is 9.47 Å². The Labute approximate surface area is 176 Å². The average Bonchev–Trinajstić information content (AvgIpc) is 3.19. The number of aromatic nitrogens is 3. The van der Waals surface area contributed by atoms with Gasteiger partial charge in [0.1, 0.15) is 11.4 Å². The fourth-order valence-corrected chi connectivity index (χ4v) is 2.86. The van der Waals surface area contributed by atoms with Crippen LogP contribution in [0.2, 0.25) is 0 Å². The Balaban J connectivity index is 2.09. The summed E-state index contributed by atoms with van der Waals surface area (Å²) in [5.74, 6) is -0.835. The molecule has 1 heterocycles. The standard InChI is InChI=1S/C17H12BrN5O7/c1-2-29-17(24)16-15(19-21-20-16)11-7-9(18)3-5-13(11)30-14-6-4-10(22(25)26)8-12(14)23(27)28/h3-8H,2H2,1H3,(H,19,20,21). The number of esters is 1. The van der Waals surface area contributed by atoms with E-state index < -0.39 is 27.2 Å². The van der Waals surface area contributed by atoms with Gasteiger partial charge in [-0.15, -0.1) is 5.10 Å². The quantitative estimate of drug-likeness (QED) is 0.300. The topological polar surface area (TPSA) is 163 Å². The van der Waals surface area contributed by atoms with E-state index in [1.165, 1.54) is 6.07 Å². The number of carbonyl (C=O) groups excluding carboxylic acids is 1. The average molecular weight is 478 g/mol. The van der Waals surface area contributed by atoms with Crippen LogP contribution in [0.4, 0.5) is 11.4 Å². The van der Waals surface area contributed by atoms with Crippen molar-refractivity contribution in [1.82, 2.24) is 15.4 Å². The summed E-state index contributed by atoms with van der Waals surface area (Å²) in [7, 11) is 0. The smallest absolute Gasteiger partial charge is 0.361 e. The van der Waals surface area contributed by atoms with E-state index in [-0.39, 0.29) is 35.1 Å². The van der Waals surface area contributed by atoms with E-state index >= 15 is 0 Å². The monoisotopic (exact) mass is 477 g/mol. The molecule has 1 aromatic heterocycles. The molecule has 0 aliphatic carbocycles. The summed E-state index contributed by atoms with van der Waals surface area (Å²) < 4.78 is 11.3. The van der Waals surface area contributed by atoms with Gasteiger partial charge >= 0.3 is 11.7 Å². The molecule has 0 amide bonds. The van der Waals surface area contributed by atoms with Gasteiger partial charge in [-0.3, -0.25) is 20.2 Å². The van der Waals surface area contributed by atoms with Crippen molar-refractivity contribution in [2.45, 2.75) is 6.92 Å². The van der Waals surface area contributed by atoms with Crippen LogP contribution in [-0.2, 0) is 4.74 Å². The molecule has 30 heavy (non-hydrogen) atoms. The van der Waals surface area contributed by atoms with E-state index in [2.05, 4.69) is 31.3 Å². The summed E-state index contributed by atoms with van der Waals surface area (Å²) in [6.45, 7) is 1.76. The number of hydrogen-bond donors (Lipinski definition) is 1. The van der Waals surface area contributed by atoms with Crippen molar-refractivity contribution in [3.05, 3.63) is 66.8 Å². The number of ether oxygens (including phenoxy) is 2. The maximum Gasteiger partial charge on any atom is 0.361 e. The maximum atomic E-state index is 12.1. The Bertz CT molecular complexity index is 1150. The molecule has 13 heteroatoms. The van der Waals surface area contributed by atoms with E-state index in [1.807, 2.05) is 0 Å². The molecule has 1 N–H and O–H groups in total. The van der Waals surface area contributed by atoms with Crippen LogP contribution in [-0.4, -0.2) is 37.8 Å². The summed E-state index contributed by atoms with van der Waals surface area (Å²) in [5.41, 5.74) is -0.754. The number of nitrogens with zero attached hydrogens (tertiary/aromatic N) is 4. The predicted molar refractivity (Wildman–Crippen MR) is 105 cm³/mol. The highest BCUT2D eigenvalue weighted by Gasteiger charge is 2.25. The minimum Gasteiger partial charge on any atom is -0.461 e. The van der Waals surface area contributed by atoms with Crippen molar-refractivity contribution >= 4 is 33.3 Å². The Hall–Kier alpha value is -3.87. The third-order valence-corrected chi connectivity index (χ3v) is 4.28. The molecule has 3 aromatic rings. The molecule has 0 radical (unpaired) electrons. The number of halogens is 1. The van der Waals surface area contributed by atoms with Gasteiger partial charge in [-0.2, -0.15) is 10.3 Å². The van der Waals surface area contributed by atoms with E-state index in [4.69, 9.17) is 9.47 Å². The molecule has 0 spiro atoms. The number of carbonyl (C=O) groups is 1. The lowest BCUT2D eigenvalue weighted by Crippen LogP contribution is -2.07. The van der Waals surface area contributed by atoms with Crippen molar-refractivity contribution in [2.75, 3.05) is 6.61 Å². The normalized spacial score (nSPS) is 10.5. The van der Waals surface area contributed by atoms with E-state index in [9.17, 15) is 25.0 Å². The SMILES string of the molecule is CCOC(=O)c1n[nH]nc1-c1cc(Br)ccc1Oc1ccc([N+](=O)[O-])cc1[N+](=O)[O-]. The Morgan fingerprint density at radius 2 is 1.83 bits per heavy atom. The minimum atomic E-state index is -0.791. The molecule has 0 bridgehead atoms. The number of H-pyrrole nitrogens is 1. The van der Waals surface area contributed by atoms with Gasteiger partial charge in [0.05, 0.1) is 22.5 Å². The molecular weight excluding hydrogens is 466 g/mol. The number of rotatable bonds is 7. The van der Waals surface area contributed by atoms with Gasteiger partial charge in [0.15, 0.2) is 5.69 Å². The summed E-state index contributed by atoms with van der Waals surface area (Å²) in [5, 5.41) is 32.4. The fraction of sp³-hybridized carbons (Fsp3) is 0.118. The highest BCUT2D eigenvalue weighted by Crippen LogP contribution is 2.39. The summed E-state index contributed by atoms with van der Waals surface area (Å²) in [4.78, 5) is 32.9. The second-order valence-electron chi connectivity index (χ2n) is 5.65. The van der Waals surface area contributed by atoms with Crippen molar-refractivity contribution in [1.29, 1.82) is 0 Å². The minimum absolute atomic E-state index is 0.0991. The van der Waals surface area contributed by atoms with Crippen LogP contribution < -0.4 is 4.74 Å². The lowest BCUT2D eigenvalue weighted by molar-refractivity contribution is -0.394. The van der Waals surface area contributed by atoms with Crippen LogP contribution >= 0.6 is 15.9 Å². The Morgan fingerprint density at radius 1 is 1.10 bits per heavy atom. The first-order valence-electron chi connectivity index (χ1n) is 8.30. The van der Waals surface area contributed by atoms with Crippen LogP contribution in [0.5, 0.6) is 11.5 Å². The van der Waals surface area contributed by atoms with Crippen molar-refractivity contribution in [3.8, 4) is 22.8 Å². The van der Waals surface area contributed by atoms with Crippen LogP contribution in [0.3, 0.4) is 0 Å². The molecule has 3 rings (SSSR count). The summed E-state index contributed by atoms with van der Waals surface area (Å²) in [6, 6.07) is 7.69. The fourth-order valence-electron chi connectivity index (χ4n) is 2.50. The molecule has 154 valence electrons. The third kappa shape index (κ3) is 4.25. The van der Waals surface area contributed by atoms with Gasteiger partial charge in [-0.05, 0) is 31.2 Å². The van der Waals surface area contributed by atoms with Gasteiger partial charge in [0, 0.05) is 16.1 Å². The molecule has 0 atom stereocenters. The number of non-ortho nitro benzene ring substituents is 1. The number of benzene rings is 2. The molecule has 0 saturated carbocycles. The van der Waals surface area contributed by atoms with Crippen LogP contribution in [0, 0.1) is 20.2 Å². The summed E-state index contributed by atoms with van der Waals surface area (Å²) >= 11 is 3.31. The number of hydrogen-bond acceptors (Lipinski definition) is 9. The lowest BCUT2D eigenvalue weighted by Gasteiger charge is -2.11. The first kappa shape index (κ1) is 20.9. The van der Waals surface area contributed by atoms with E-state index in [0.29, 0.717) is 4.47 Å². The second kappa shape index (κ2) is 8.65. The van der Waals surface area contributed by atoms with E-state index in [0.717, 1.165) is 18.2 Å². The summed E-state index contributed by atoms with van der Waals surface area (Å²) in [6.07, 6.45) is 0. The van der Waals surface area contributed by atoms with Gasteiger partial charge in [0.25, 0.3) is 5.69 Å². The van der Waals surface area contributed by atoms with Crippen LogP contribution in [0.25, 0.3) is 11.3 Å². The first-order valence-corrected chi connectivity index (χ1v) is 9.09. The molecule has 0 saturated heterocycles. The maximum absolute atomic E-state index is 12.1. The third-order valence-electron chi connectivity index (χ3n) is 3.78. The highest BCUT2D eigenvalue weighted by atomic mass is 79.9. The first-order chi connectivity index (χ1) is 14.3. The highest BCUT2D eigenvalue weighted by molar-refractivity contribution is 9.10. The molecule has 12 nitrogen and oxygen atoms in total. The van der Waals surface area contributed by atoms with Crippen LogP contribution in [0.1, 0.15) is 17.4 Å². The van der Waals surface area contributed by atoms with Gasteiger partial charge in [-0.25, -0.2) is 4.79 Å². The lowest BCUT2D eigenvalue weighted by atomic mass is 10.1. The number of aromatic amines is 1. The zero-order valence-electron chi connectivity index (χ0n) is 15.2. The zero-order valence-corrected chi connectivity index (χ0v) is 16.8. The molecular formula is C17H12BrN5O7. The van der Waals surface area contributed by atoms with Gasteiger partial charge in [0.2, 0.25) is 5.75 Å². The zero-order chi connectivity index (χ0) is 21.8. The molecule has 0 aliphatic heterocycles. The number of nitro groups is 2. The van der Waals surface area contributed by atoms with Crippen LogP contribution in [0.15, 0.2) is 40.9 Å². The molecule has 0 fully saturated rings. The van der Waals surface area contributed by atoms with Crippen molar-refractivity contribution in [2.24, 2.45) is 0 Å². The number of nitrogens with one attached hydrogen (secondary N) is 1. The Kier molecular flexibility index (Phi) is 6.01. The molecule has 0 aliphatic rings. The number of nitro benzene ring substituents is 2. The molecule has 0 unspecified atom stereocenters. The van der Waals surface area contributed by atoms with Crippen molar-refractivity contribution < 1.29 is 24.1 Å². The van der Waals surface area contributed by atoms with Gasteiger partial charge in [-0.1, -0.05) is 15.9 Å².